The molecule has 4 aromatic rings. The van der Waals surface area contributed by atoms with Crippen LogP contribution in [-0.2, 0) is 9.53 Å². The van der Waals surface area contributed by atoms with Gasteiger partial charge in [0.25, 0.3) is 0 Å². The number of aromatic nitrogens is 2. The molecule has 3 aromatic carbocycles. The Morgan fingerprint density at radius 3 is 2.37 bits per heavy atom. The lowest BCUT2D eigenvalue weighted by Gasteiger charge is -2.29. The van der Waals surface area contributed by atoms with Gasteiger partial charge in [-0.05, 0) is 49.2 Å². The number of nitrogens with one attached hydrogen (secondary N) is 3. The van der Waals surface area contributed by atoms with Crippen LogP contribution in [0.15, 0.2) is 55.3 Å². The summed E-state index contributed by atoms with van der Waals surface area (Å²) >= 11 is 0. The number of hydrogen-bond acceptors (Lipinski definition) is 10. The number of methoxy groups -OCH3 is 2. The first kappa shape index (κ1) is 30.7. The largest absolute Gasteiger partial charge is 0.494 e. The monoisotopic (exact) mass is 630 g/mol. The van der Waals surface area contributed by atoms with Crippen molar-refractivity contribution < 1.29 is 32.6 Å². The fraction of sp³-hybridized carbons (Fsp3) is 0.273. The molecule has 2 heterocycles. The number of carbonyl (C=O) groups excluding carboxylic acids is 2. The lowest BCUT2D eigenvalue weighted by Crippen LogP contribution is -2.36. The summed E-state index contributed by atoms with van der Waals surface area (Å²) in [5.74, 6) is -3.93. The second-order valence-electron chi connectivity index (χ2n) is 10.8. The Morgan fingerprint density at radius 2 is 1.72 bits per heavy atom. The van der Waals surface area contributed by atoms with Gasteiger partial charge in [-0.15, -0.1) is 0 Å². The van der Waals surface area contributed by atoms with E-state index in [-0.39, 0.29) is 35.0 Å². The van der Waals surface area contributed by atoms with Gasteiger partial charge in [-0.1, -0.05) is 6.58 Å². The van der Waals surface area contributed by atoms with E-state index in [0.29, 0.717) is 41.2 Å². The number of amides is 1. The second kappa shape index (κ2) is 13.0. The quantitative estimate of drug-likeness (QED) is 0.146. The molecule has 3 N–H and O–H groups in total. The highest BCUT2D eigenvalue weighted by atomic mass is 19.1. The number of rotatable bonds is 11. The number of morpholine rings is 1. The van der Waals surface area contributed by atoms with E-state index in [0.717, 1.165) is 37.7 Å². The molecule has 0 unspecified atom stereocenters. The van der Waals surface area contributed by atoms with Gasteiger partial charge in [0, 0.05) is 53.7 Å². The minimum atomic E-state index is -1.13. The molecule has 2 fully saturated rings. The molecule has 0 radical (unpaired) electrons. The van der Waals surface area contributed by atoms with Crippen LogP contribution in [0, 0.1) is 11.6 Å². The minimum Gasteiger partial charge on any atom is -0.494 e. The van der Waals surface area contributed by atoms with E-state index in [1.54, 1.807) is 6.07 Å². The number of fused-ring (bicyclic) bond motifs is 1. The number of benzene rings is 3. The Bertz CT molecular complexity index is 1810. The smallest absolute Gasteiger partial charge is 0.247 e. The van der Waals surface area contributed by atoms with E-state index in [1.807, 2.05) is 18.2 Å². The molecule has 1 saturated carbocycles. The predicted molar refractivity (Wildman–Crippen MR) is 171 cm³/mol. The Labute approximate surface area is 263 Å². The first-order valence-electron chi connectivity index (χ1n) is 14.7. The standard InChI is InChI=1S/C33H32F2N6O5/c1-4-28(42)38-25-14-20(41-9-11-46-12-10-41)7-8-22(25)39-33-36-17-18-13-21(24(15-23(18)40-33)37-19-5-6-19)32(43)29-30(34)26(44-2)16-27(45-3)31(29)35/h4,7-8,13-17,19,37H,1,5-6,9-12H2,2-3H3,(H,38,42)(H,36,39,40). The summed E-state index contributed by atoms with van der Waals surface area (Å²) in [6.45, 7) is 6.22. The summed E-state index contributed by atoms with van der Waals surface area (Å²) < 4.78 is 46.1. The number of ether oxygens (including phenoxy) is 3. The molecule has 1 aliphatic heterocycles. The van der Waals surface area contributed by atoms with Crippen molar-refractivity contribution in [2.45, 2.75) is 18.9 Å². The Morgan fingerprint density at radius 1 is 1.00 bits per heavy atom. The molecule has 1 aromatic heterocycles. The molecule has 0 atom stereocenters. The highest BCUT2D eigenvalue weighted by Gasteiger charge is 2.30. The number of hydrogen-bond donors (Lipinski definition) is 3. The van der Waals surface area contributed by atoms with Crippen LogP contribution in [0.2, 0.25) is 0 Å². The average Bonchev–Trinajstić information content (AvgIpc) is 3.89. The lowest BCUT2D eigenvalue weighted by atomic mass is 9.98. The van der Waals surface area contributed by atoms with Gasteiger partial charge >= 0.3 is 0 Å². The highest BCUT2D eigenvalue weighted by molar-refractivity contribution is 6.15. The van der Waals surface area contributed by atoms with Gasteiger partial charge in [0.2, 0.25) is 17.6 Å². The lowest BCUT2D eigenvalue weighted by molar-refractivity contribution is -0.111. The van der Waals surface area contributed by atoms with Crippen LogP contribution in [0.3, 0.4) is 0 Å². The van der Waals surface area contributed by atoms with Crippen molar-refractivity contribution in [2.75, 3.05) is 61.4 Å². The maximum atomic E-state index is 15.3. The van der Waals surface area contributed by atoms with Gasteiger partial charge in [-0.25, -0.2) is 18.7 Å². The molecule has 238 valence electrons. The number of nitrogens with zero attached hydrogens (tertiary/aromatic N) is 3. The van der Waals surface area contributed by atoms with Crippen LogP contribution < -0.4 is 30.3 Å². The normalized spacial score (nSPS) is 14.5. The van der Waals surface area contributed by atoms with Crippen LogP contribution in [0.1, 0.15) is 28.8 Å². The summed E-state index contributed by atoms with van der Waals surface area (Å²) in [7, 11) is 2.44. The van der Waals surface area contributed by atoms with Gasteiger partial charge in [0.15, 0.2) is 23.1 Å². The zero-order valence-corrected chi connectivity index (χ0v) is 25.3. The first-order valence-corrected chi connectivity index (χ1v) is 14.7. The van der Waals surface area contributed by atoms with E-state index < -0.39 is 23.0 Å². The second-order valence-corrected chi connectivity index (χ2v) is 10.8. The van der Waals surface area contributed by atoms with Crippen LogP contribution in [0.25, 0.3) is 10.9 Å². The number of anilines is 5. The minimum absolute atomic E-state index is 0.0462. The Hall–Kier alpha value is -5.30. The highest BCUT2D eigenvalue weighted by Crippen LogP contribution is 2.37. The van der Waals surface area contributed by atoms with Crippen molar-refractivity contribution >= 4 is 51.3 Å². The van der Waals surface area contributed by atoms with Crippen molar-refractivity contribution in [1.82, 2.24) is 9.97 Å². The van der Waals surface area contributed by atoms with Crippen molar-refractivity contribution in [1.29, 1.82) is 0 Å². The van der Waals surface area contributed by atoms with Gasteiger partial charge in [0.1, 0.15) is 5.56 Å². The fourth-order valence-corrected chi connectivity index (χ4v) is 5.18. The van der Waals surface area contributed by atoms with Crippen LogP contribution >= 0.6 is 0 Å². The number of carbonyl (C=O) groups is 2. The van der Waals surface area contributed by atoms with E-state index in [2.05, 4.69) is 37.4 Å². The van der Waals surface area contributed by atoms with Crippen molar-refractivity contribution in [3.63, 3.8) is 0 Å². The van der Waals surface area contributed by atoms with E-state index in [4.69, 9.17) is 14.2 Å². The Kier molecular flexibility index (Phi) is 8.66. The molecule has 13 heteroatoms. The molecule has 0 bridgehead atoms. The third-order valence-corrected chi connectivity index (χ3v) is 7.77. The van der Waals surface area contributed by atoms with Crippen molar-refractivity contribution in [2.24, 2.45) is 0 Å². The summed E-state index contributed by atoms with van der Waals surface area (Å²) in [4.78, 5) is 37.3. The van der Waals surface area contributed by atoms with Crippen molar-refractivity contribution in [3.8, 4) is 11.5 Å². The summed E-state index contributed by atoms with van der Waals surface area (Å²) in [6.07, 6.45) is 4.46. The topological polar surface area (TPSA) is 127 Å². The maximum Gasteiger partial charge on any atom is 0.247 e. The van der Waals surface area contributed by atoms with E-state index in [9.17, 15) is 9.59 Å². The number of ketones is 1. The summed E-state index contributed by atoms with van der Waals surface area (Å²) in [6, 6.07) is 9.94. The van der Waals surface area contributed by atoms with Gasteiger partial charge < -0.3 is 35.1 Å². The average molecular weight is 631 g/mol. The molecule has 6 rings (SSSR count). The molecule has 46 heavy (non-hydrogen) atoms. The van der Waals surface area contributed by atoms with Crippen LogP contribution in [0.5, 0.6) is 11.5 Å². The van der Waals surface area contributed by atoms with Gasteiger partial charge in [-0.2, -0.15) is 0 Å². The Balaban J connectivity index is 1.36. The first-order chi connectivity index (χ1) is 22.3. The SMILES string of the molecule is C=CC(=O)Nc1cc(N2CCOCC2)ccc1Nc1ncc2cc(C(=O)c3c(F)c(OC)cc(OC)c3F)c(NC3CC3)cc2n1. The zero-order valence-electron chi connectivity index (χ0n) is 25.3. The van der Waals surface area contributed by atoms with Crippen LogP contribution in [0.4, 0.5) is 37.5 Å². The van der Waals surface area contributed by atoms with Gasteiger partial charge in [-0.3, -0.25) is 9.59 Å². The molecule has 2 aliphatic rings. The molecular formula is C33H32F2N6O5. The predicted octanol–water partition coefficient (Wildman–Crippen LogP) is 5.44. The molecule has 1 saturated heterocycles. The molecule has 0 spiro atoms. The molecule has 1 aliphatic carbocycles. The van der Waals surface area contributed by atoms with Gasteiger partial charge in [0.05, 0.1) is 44.3 Å². The van der Waals surface area contributed by atoms with E-state index in [1.165, 1.54) is 32.6 Å². The summed E-state index contributed by atoms with van der Waals surface area (Å²) in [5, 5.41) is 9.76. The zero-order chi connectivity index (χ0) is 32.4. The fourth-order valence-electron chi connectivity index (χ4n) is 5.18. The number of halogens is 2. The maximum absolute atomic E-state index is 15.3. The third kappa shape index (κ3) is 6.26. The summed E-state index contributed by atoms with van der Waals surface area (Å²) in [5.41, 5.74) is 2.08. The third-order valence-electron chi connectivity index (χ3n) is 7.77. The van der Waals surface area contributed by atoms with E-state index >= 15 is 8.78 Å². The molecule has 11 nitrogen and oxygen atoms in total. The van der Waals surface area contributed by atoms with Crippen LogP contribution in [-0.4, -0.2) is 68.2 Å². The molecule has 1 amide bonds. The molecular weight excluding hydrogens is 598 g/mol. The van der Waals surface area contributed by atoms with Crippen molar-refractivity contribution in [3.05, 3.63) is 78.0 Å².